The number of nitrogens with one attached hydrogen (secondary N) is 1. The van der Waals surface area contributed by atoms with Gasteiger partial charge in [-0.3, -0.25) is 4.79 Å². The minimum atomic E-state index is 0.0507. The lowest BCUT2D eigenvalue weighted by atomic mass is 10.2. The number of amides is 1. The number of thiazole rings is 1. The van der Waals surface area contributed by atoms with Gasteiger partial charge in [-0.1, -0.05) is 49.5 Å². The second-order valence-corrected chi connectivity index (χ2v) is 9.44. The molecule has 0 aliphatic rings. The Labute approximate surface area is 177 Å². The molecule has 0 spiro atoms. The molecule has 6 nitrogen and oxygen atoms in total. The zero-order valence-electron chi connectivity index (χ0n) is 16.3. The predicted molar refractivity (Wildman–Crippen MR) is 118 cm³/mol. The van der Waals surface area contributed by atoms with E-state index in [1.165, 1.54) is 16.5 Å². The fraction of sp³-hybridized carbons (Fsp3) is 0.474. The van der Waals surface area contributed by atoms with Crippen LogP contribution in [-0.2, 0) is 17.1 Å². The molecule has 2 heterocycles. The van der Waals surface area contributed by atoms with Crippen LogP contribution in [0.1, 0.15) is 39.4 Å². The number of hydrogen-bond donors (Lipinski definition) is 1. The van der Waals surface area contributed by atoms with Crippen LogP contribution >= 0.6 is 34.9 Å². The molecular formula is C19H25N5OS3. The monoisotopic (exact) mass is 435 g/mol. The summed E-state index contributed by atoms with van der Waals surface area (Å²) in [7, 11) is 0. The van der Waals surface area contributed by atoms with E-state index in [4.69, 9.17) is 0 Å². The molecule has 1 aromatic carbocycles. The van der Waals surface area contributed by atoms with Gasteiger partial charge in [0.25, 0.3) is 0 Å². The molecule has 0 saturated heterocycles. The Kier molecular flexibility index (Phi) is 7.75. The van der Waals surface area contributed by atoms with Crippen molar-refractivity contribution in [3.8, 4) is 0 Å². The molecule has 0 aliphatic heterocycles. The highest BCUT2D eigenvalue weighted by Crippen LogP contribution is 2.31. The van der Waals surface area contributed by atoms with Crippen molar-refractivity contribution < 1.29 is 4.79 Å². The molecule has 1 N–H and O–H groups in total. The third-order valence-corrected chi connectivity index (χ3v) is 7.53. The summed E-state index contributed by atoms with van der Waals surface area (Å²) in [4.78, 5) is 16.8. The average molecular weight is 436 g/mol. The second-order valence-electron chi connectivity index (χ2n) is 6.25. The number of fused-ring (bicyclic) bond motifs is 1. The Morgan fingerprint density at radius 1 is 1.18 bits per heavy atom. The van der Waals surface area contributed by atoms with Gasteiger partial charge in [0.15, 0.2) is 9.50 Å². The highest BCUT2D eigenvalue weighted by Gasteiger charge is 2.15. The minimum Gasteiger partial charge on any atom is -0.353 e. The molecule has 0 bridgehead atoms. The van der Waals surface area contributed by atoms with Crippen molar-refractivity contribution in [2.45, 2.75) is 61.4 Å². The maximum absolute atomic E-state index is 12.1. The van der Waals surface area contributed by atoms with Crippen LogP contribution in [0.3, 0.4) is 0 Å². The van der Waals surface area contributed by atoms with E-state index < -0.39 is 0 Å². The van der Waals surface area contributed by atoms with Crippen LogP contribution in [-0.4, -0.2) is 37.5 Å². The predicted octanol–water partition coefficient (Wildman–Crippen LogP) is 4.60. The standard InChI is InChI=1S/C19H25N5OS3/c1-4-13(5-2)20-17(25)12-26-18-23-22-16(24(18)6-3)11-27-19-21-14-9-7-8-10-15(14)28-19/h7-10,13H,4-6,11-12H2,1-3H3,(H,20,25). The summed E-state index contributed by atoms with van der Waals surface area (Å²) in [6.07, 6.45) is 1.90. The van der Waals surface area contributed by atoms with E-state index in [9.17, 15) is 4.79 Å². The van der Waals surface area contributed by atoms with Gasteiger partial charge in [-0.15, -0.1) is 21.5 Å². The first kappa shape index (κ1) is 21.1. The zero-order valence-corrected chi connectivity index (χ0v) is 18.8. The first-order valence-corrected chi connectivity index (χ1v) is 12.3. The van der Waals surface area contributed by atoms with Crippen molar-refractivity contribution in [1.29, 1.82) is 0 Å². The number of para-hydroxylation sites is 1. The van der Waals surface area contributed by atoms with Gasteiger partial charge >= 0.3 is 0 Å². The fourth-order valence-electron chi connectivity index (χ4n) is 2.78. The Balaban J connectivity index is 1.59. The van der Waals surface area contributed by atoms with Gasteiger partial charge in [-0.25, -0.2) is 4.98 Å². The first-order valence-electron chi connectivity index (χ1n) is 9.47. The SMILES string of the molecule is CCC(CC)NC(=O)CSc1nnc(CSc2nc3ccccc3s2)n1CC. The van der Waals surface area contributed by atoms with E-state index in [0.29, 0.717) is 11.5 Å². The smallest absolute Gasteiger partial charge is 0.230 e. The number of rotatable bonds is 10. The quantitative estimate of drug-likeness (QED) is 0.469. The highest BCUT2D eigenvalue weighted by molar-refractivity contribution is 8.00. The number of carbonyl (C=O) groups excluding carboxylic acids is 1. The minimum absolute atomic E-state index is 0.0507. The molecule has 150 valence electrons. The number of thioether (sulfide) groups is 2. The van der Waals surface area contributed by atoms with E-state index >= 15 is 0 Å². The molecular weight excluding hydrogens is 410 g/mol. The van der Waals surface area contributed by atoms with Crippen molar-refractivity contribution in [2.75, 3.05) is 5.75 Å². The van der Waals surface area contributed by atoms with Gasteiger partial charge in [-0.05, 0) is 31.9 Å². The Hall–Kier alpha value is -1.58. The highest BCUT2D eigenvalue weighted by atomic mass is 32.2. The summed E-state index contributed by atoms with van der Waals surface area (Å²) >= 11 is 4.82. The molecule has 0 radical (unpaired) electrons. The third-order valence-electron chi connectivity index (χ3n) is 4.39. The maximum Gasteiger partial charge on any atom is 0.230 e. The van der Waals surface area contributed by atoms with Gasteiger partial charge in [-0.2, -0.15) is 0 Å². The van der Waals surface area contributed by atoms with Gasteiger partial charge in [0, 0.05) is 12.6 Å². The van der Waals surface area contributed by atoms with E-state index in [2.05, 4.69) is 51.9 Å². The summed E-state index contributed by atoms with van der Waals surface area (Å²) in [5.41, 5.74) is 1.03. The van der Waals surface area contributed by atoms with E-state index in [1.807, 2.05) is 18.2 Å². The van der Waals surface area contributed by atoms with Crippen molar-refractivity contribution in [2.24, 2.45) is 0 Å². The molecule has 9 heteroatoms. The molecule has 1 amide bonds. The fourth-order valence-corrected chi connectivity index (χ4v) is 5.62. The topological polar surface area (TPSA) is 72.7 Å². The molecule has 0 unspecified atom stereocenters. The van der Waals surface area contributed by atoms with Gasteiger partial charge in [0.1, 0.15) is 5.82 Å². The number of hydrogen-bond acceptors (Lipinski definition) is 7. The number of aromatic nitrogens is 4. The van der Waals surface area contributed by atoms with Crippen LogP contribution in [0.4, 0.5) is 0 Å². The molecule has 0 fully saturated rings. The molecule has 28 heavy (non-hydrogen) atoms. The van der Waals surface area contributed by atoms with Gasteiger partial charge in [0.05, 0.1) is 21.7 Å². The molecule has 0 saturated carbocycles. The number of carbonyl (C=O) groups is 1. The lowest BCUT2D eigenvalue weighted by Gasteiger charge is -2.14. The Morgan fingerprint density at radius 2 is 1.96 bits per heavy atom. The molecule has 3 rings (SSSR count). The zero-order chi connectivity index (χ0) is 19.9. The van der Waals surface area contributed by atoms with Crippen molar-refractivity contribution in [3.05, 3.63) is 30.1 Å². The normalized spacial score (nSPS) is 11.4. The van der Waals surface area contributed by atoms with Crippen LogP contribution in [0, 0.1) is 0 Å². The number of nitrogens with zero attached hydrogens (tertiary/aromatic N) is 4. The van der Waals surface area contributed by atoms with E-state index in [0.717, 1.165) is 40.2 Å². The van der Waals surface area contributed by atoms with Crippen LogP contribution in [0.5, 0.6) is 0 Å². The van der Waals surface area contributed by atoms with Crippen LogP contribution in [0.25, 0.3) is 10.2 Å². The van der Waals surface area contributed by atoms with Crippen LogP contribution in [0.2, 0.25) is 0 Å². The molecule has 3 aromatic rings. The van der Waals surface area contributed by atoms with E-state index in [-0.39, 0.29) is 11.9 Å². The first-order chi connectivity index (χ1) is 13.6. The largest absolute Gasteiger partial charge is 0.353 e. The Morgan fingerprint density at radius 3 is 2.68 bits per heavy atom. The Bertz CT molecular complexity index is 886. The molecule has 0 aliphatic carbocycles. The molecule has 2 aromatic heterocycles. The average Bonchev–Trinajstić information content (AvgIpc) is 3.31. The van der Waals surface area contributed by atoms with Crippen LogP contribution < -0.4 is 5.32 Å². The van der Waals surface area contributed by atoms with E-state index in [1.54, 1.807) is 23.1 Å². The summed E-state index contributed by atoms with van der Waals surface area (Å²) in [6.45, 7) is 7.03. The lowest BCUT2D eigenvalue weighted by molar-refractivity contribution is -0.119. The third kappa shape index (κ3) is 5.27. The summed E-state index contributed by atoms with van der Waals surface area (Å²) in [5, 5.41) is 12.5. The van der Waals surface area contributed by atoms with Gasteiger partial charge < -0.3 is 9.88 Å². The lowest BCUT2D eigenvalue weighted by Crippen LogP contribution is -2.35. The maximum atomic E-state index is 12.1. The van der Waals surface area contributed by atoms with Crippen molar-refractivity contribution in [3.63, 3.8) is 0 Å². The number of benzene rings is 1. The second kappa shape index (κ2) is 10.3. The van der Waals surface area contributed by atoms with Gasteiger partial charge in [0.2, 0.25) is 5.91 Å². The summed E-state index contributed by atoms with van der Waals surface area (Å²) in [6, 6.07) is 8.41. The molecule has 0 atom stereocenters. The summed E-state index contributed by atoms with van der Waals surface area (Å²) < 4.78 is 4.31. The van der Waals surface area contributed by atoms with Crippen molar-refractivity contribution >= 4 is 51.0 Å². The van der Waals surface area contributed by atoms with Crippen LogP contribution in [0.15, 0.2) is 33.8 Å². The van der Waals surface area contributed by atoms with Crippen molar-refractivity contribution in [1.82, 2.24) is 25.1 Å². The summed E-state index contributed by atoms with van der Waals surface area (Å²) in [5.74, 6) is 2.03.